The minimum Gasteiger partial charge on any atom is -0.494 e. The molecule has 0 fully saturated rings. The molecule has 2 heterocycles. The molecular weight excluding hydrogens is 243 g/mol. The predicted octanol–water partition coefficient (Wildman–Crippen LogP) is 3.46. The Kier molecular flexibility index (Phi) is 2.71. The van der Waals surface area contributed by atoms with Gasteiger partial charge in [-0.15, -0.1) is 0 Å². The summed E-state index contributed by atoms with van der Waals surface area (Å²) in [6.45, 7) is 2.02. The van der Waals surface area contributed by atoms with Gasteiger partial charge in [0.1, 0.15) is 5.65 Å². The van der Waals surface area contributed by atoms with E-state index in [-0.39, 0.29) is 11.6 Å². The zero-order valence-electron chi connectivity index (χ0n) is 10.7. The summed E-state index contributed by atoms with van der Waals surface area (Å²) in [5.41, 5.74) is 3.48. The summed E-state index contributed by atoms with van der Waals surface area (Å²) in [5.74, 6) is -0.142. The zero-order valence-corrected chi connectivity index (χ0v) is 10.7. The quantitative estimate of drug-likeness (QED) is 0.702. The first kappa shape index (κ1) is 11.7. The summed E-state index contributed by atoms with van der Waals surface area (Å²) in [6, 6.07) is 8.85. The van der Waals surface area contributed by atoms with E-state index in [2.05, 4.69) is 4.98 Å². The third-order valence-corrected chi connectivity index (χ3v) is 3.06. The molecule has 0 saturated heterocycles. The summed E-state index contributed by atoms with van der Waals surface area (Å²) in [4.78, 5) is 4.50. The Morgan fingerprint density at radius 3 is 2.79 bits per heavy atom. The molecule has 0 bridgehead atoms. The van der Waals surface area contributed by atoms with Crippen molar-refractivity contribution in [3.8, 4) is 17.0 Å². The number of benzene rings is 1. The standard InChI is InChI=1S/C15H13FN2O/c1-10-5-6-18-9-13(17-15(18)7-10)11-3-4-14(19-2)12(16)8-11/h3-9H,1-2H3. The fourth-order valence-electron chi connectivity index (χ4n) is 2.05. The summed E-state index contributed by atoms with van der Waals surface area (Å²) in [5, 5.41) is 0. The average molecular weight is 256 g/mol. The van der Waals surface area contributed by atoms with Crippen LogP contribution in [-0.4, -0.2) is 16.5 Å². The molecule has 1 aromatic carbocycles. The number of halogens is 1. The van der Waals surface area contributed by atoms with Crippen molar-refractivity contribution in [2.45, 2.75) is 6.92 Å². The second-order valence-corrected chi connectivity index (χ2v) is 4.45. The van der Waals surface area contributed by atoms with Gasteiger partial charge in [-0.05, 0) is 42.8 Å². The lowest BCUT2D eigenvalue weighted by molar-refractivity contribution is 0.386. The Hall–Kier alpha value is -2.36. The van der Waals surface area contributed by atoms with Crippen LogP contribution in [0.25, 0.3) is 16.9 Å². The van der Waals surface area contributed by atoms with E-state index in [1.165, 1.54) is 13.2 Å². The van der Waals surface area contributed by atoms with Crippen molar-refractivity contribution in [2.24, 2.45) is 0 Å². The van der Waals surface area contributed by atoms with Crippen LogP contribution < -0.4 is 4.74 Å². The number of aromatic nitrogens is 2. The smallest absolute Gasteiger partial charge is 0.165 e. The van der Waals surface area contributed by atoms with Crippen molar-refractivity contribution in [1.29, 1.82) is 0 Å². The lowest BCUT2D eigenvalue weighted by Crippen LogP contribution is -1.88. The Labute approximate surface area is 110 Å². The van der Waals surface area contributed by atoms with Crippen LogP contribution in [0.2, 0.25) is 0 Å². The van der Waals surface area contributed by atoms with Crippen LogP contribution in [0, 0.1) is 12.7 Å². The second-order valence-electron chi connectivity index (χ2n) is 4.45. The van der Waals surface area contributed by atoms with E-state index in [4.69, 9.17) is 4.74 Å². The number of pyridine rings is 1. The molecule has 0 atom stereocenters. The van der Waals surface area contributed by atoms with Gasteiger partial charge in [-0.1, -0.05) is 0 Å². The van der Waals surface area contributed by atoms with Gasteiger partial charge in [0.15, 0.2) is 11.6 Å². The summed E-state index contributed by atoms with van der Waals surface area (Å²) >= 11 is 0. The number of aryl methyl sites for hydroxylation is 1. The number of fused-ring (bicyclic) bond motifs is 1. The van der Waals surface area contributed by atoms with Crippen molar-refractivity contribution in [3.05, 3.63) is 54.1 Å². The fourth-order valence-corrected chi connectivity index (χ4v) is 2.05. The molecule has 0 saturated carbocycles. The van der Waals surface area contributed by atoms with E-state index in [9.17, 15) is 4.39 Å². The molecule has 4 heteroatoms. The number of imidazole rings is 1. The molecule has 0 aliphatic rings. The molecule has 96 valence electrons. The number of hydrogen-bond donors (Lipinski definition) is 0. The minimum absolute atomic E-state index is 0.239. The van der Waals surface area contributed by atoms with Crippen molar-refractivity contribution < 1.29 is 9.13 Å². The van der Waals surface area contributed by atoms with Crippen LogP contribution in [-0.2, 0) is 0 Å². The number of ether oxygens (including phenoxy) is 1. The van der Waals surface area contributed by atoms with E-state index < -0.39 is 0 Å². The second kappa shape index (κ2) is 4.39. The largest absolute Gasteiger partial charge is 0.494 e. The van der Waals surface area contributed by atoms with Gasteiger partial charge in [0, 0.05) is 18.0 Å². The number of hydrogen-bond acceptors (Lipinski definition) is 2. The van der Waals surface area contributed by atoms with E-state index in [1.54, 1.807) is 12.1 Å². The van der Waals surface area contributed by atoms with E-state index in [0.717, 1.165) is 22.5 Å². The van der Waals surface area contributed by atoms with Crippen LogP contribution in [0.5, 0.6) is 5.75 Å². The third-order valence-electron chi connectivity index (χ3n) is 3.06. The van der Waals surface area contributed by atoms with Crippen molar-refractivity contribution in [2.75, 3.05) is 7.11 Å². The molecule has 19 heavy (non-hydrogen) atoms. The number of nitrogens with zero attached hydrogens (tertiary/aromatic N) is 2. The van der Waals surface area contributed by atoms with Gasteiger partial charge in [-0.2, -0.15) is 0 Å². The lowest BCUT2D eigenvalue weighted by Gasteiger charge is -2.02. The SMILES string of the molecule is COc1ccc(-c2cn3ccc(C)cc3n2)cc1F. The lowest BCUT2D eigenvalue weighted by atomic mass is 10.1. The molecule has 0 N–H and O–H groups in total. The summed E-state index contributed by atoms with van der Waals surface area (Å²) < 4.78 is 20.5. The van der Waals surface area contributed by atoms with Gasteiger partial charge < -0.3 is 9.14 Å². The molecular formula is C15H13FN2O. The number of rotatable bonds is 2. The molecule has 0 aliphatic carbocycles. The van der Waals surface area contributed by atoms with Crippen molar-refractivity contribution in [3.63, 3.8) is 0 Å². The highest BCUT2D eigenvalue weighted by Crippen LogP contribution is 2.25. The summed E-state index contributed by atoms with van der Waals surface area (Å²) in [6.07, 6.45) is 3.83. The Morgan fingerprint density at radius 2 is 2.05 bits per heavy atom. The van der Waals surface area contributed by atoms with E-state index in [0.29, 0.717) is 0 Å². The van der Waals surface area contributed by atoms with Crippen molar-refractivity contribution in [1.82, 2.24) is 9.38 Å². The molecule has 3 aromatic rings. The van der Waals surface area contributed by atoms with Gasteiger partial charge >= 0.3 is 0 Å². The maximum atomic E-state index is 13.7. The molecule has 2 aromatic heterocycles. The van der Waals surface area contributed by atoms with Gasteiger partial charge in [-0.25, -0.2) is 9.37 Å². The van der Waals surface area contributed by atoms with Crippen LogP contribution in [0.1, 0.15) is 5.56 Å². The van der Waals surface area contributed by atoms with E-state index in [1.807, 2.05) is 35.9 Å². The summed E-state index contributed by atoms with van der Waals surface area (Å²) in [7, 11) is 1.45. The van der Waals surface area contributed by atoms with Gasteiger partial charge in [0.25, 0.3) is 0 Å². The first-order valence-corrected chi connectivity index (χ1v) is 5.96. The Balaban J connectivity index is 2.11. The van der Waals surface area contributed by atoms with Crippen molar-refractivity contribution >= 4 is 5.65 Å². The highest BCUT2D eigenvalue weighted by Gasteiger charge is 2.08. The van der Waals surface area contributed by atoms with Crippen LogP contribution in [0.4, 0.5) is 4.39 Å². The first-order chi connectivity index (χ1) is 9.17. The van der Waals surface area contributed by atoms with E-state index >= 15 is 0 Å². The van der Waals surface area contributed by atoms with Crippen LogP contribution in [0.15, 0.2) is 42.7 Å². The molecule has 0 aliphatic heterocycles. The first-order valence-electron chi connectivity index (χ1n) is 5.96. The average Bonchev–Trinajstić information content (AvgIpc) is 2.81. The van der Waals surface area contributed by atoms with Gasteiger partial charge in [-0.3, -0.25) is 0 Å². The number of methoxy groups -OCH3 is 1. The molecule has 0 radical (unpaired) electrons. The molecule has 0 unspecified atom stereocenters. The van der Waals surface area contributed by atoms with Gasteiger partial charge in [0.2, 0.25) is 0 Å². The normalized spacial score (nSPS) is 10.9. The zero-order chi connectivity index (χ0) is 13.4. The van der Waals surface area contributed by atoms with Gasteiger partial charge in [0.05, 0.1) is 12.8 Å². The fraction of sp³-hybridized carbons (Fsp3) is 0.133. The molecule has 3 rings (SSSR count). The predicted molar refractivity (Wildman–Crippen MR) is 71.9 cm³/mol. The Morgan fingerprint density at radius 1 is 1.21 bits per heavy atom. The maximum absolute atomic E-state index is 13.7. The highest BCUT2D eigenvalue weighted by molar-refractivity contribution is 5.63. The van der Waals surface area contributed by atoms with Crippen LogP contribution >= 0.6 is 0 Å². The monoisotopic (exact) mass is 256 g/mol. The topological polar surface area (TPSA) is 26.5 Å². The molecule has 3 nitrogen and oxygen atoms in total. The minimum atomic E-state index is -0.381. The maximum Gasteiger partial charge on any atom is 0.165 e. The molecule has 0 spiro atoms. The molecule has 0 amide bonds. The third kappa shape index (κ3) is 2.05. The highest BCUT2D eigenvalue weighted by atomic mass is 19.1. The van der Waals surface area contributed by atoms with Crippen LogP contribution in [0.3, 0.4) is 0 Å². The Bertz CT molecular complexity index is 749.